The van der Waals surface area contributed by atoms with E-state index in [2.05, 4.69) is 10.5 Å². The van der Waals surface area contributed by atoms with Crippen molar-refractivity contribution in [2.24, 2.45) is 5.10 Å². The third kappa shape index (κ3) is 3.49. The topological polar surface area (TPSA) is 87.8 Å². The summed E-state index contributed by atoms with van der Waals surface area (Å²) in [5.41, 5.74) is 4.46. The number of non-ortho nitro benzene ring substituents is 1. The number of phenols is 1. The van der Waals surface area contributed by atoms with Crippen LogP contribution in [0.1, 0.15) is 11.1 Å². The molecule has 0 aromatic heterocycles. The van der Waals surface area contributed by atoms with Crippen molar-refractivity contribution in [1.82, 2.24) is 0 Å². The number of rotatable bonds is 4. The van der Waals surface area contributed by atoms with Crippen molar-refractivity contribution in [2.75, 3.05) is 5.43 Å². The fourth-order valence-corrected chi connectivity index (χ4v) is 1.83. The van der Waals surface area contributed by atoms with Gasteiger partial charge in [0.15, 0.2) is 0 Å². The molecule has 0 atom stereocenters. The number of hydrogen-bond donors (Lipinski definition) is 2. The van der Waals surface area contributed by atoms with Crippen LogP contribution in [0.25, 0.3) is 0 Å². The van der Waals surface area contributed by atoms with E-state index in [0.717, 1.165) is 5.56 Å². The minimum absolute atomic E-state index is 0.0889. The molecule has 2 N–H and O–H groups in total. The van der Waals surface area contributed by atoms with Gasteiger partial charge in [0.25, 0.3) is 5.69 Å². The maximum absolute atomic E-state index is 10.7. The van der Waals surface area contributed by atoms with Gasteiger partial charge in [-0.2, -0.15) is 5.10 Å². The average molecular weight is 306 g/mol. The number of halogens is 1. The molecule has 0 aliphatic carbocycles. The number of anilines is 1. The van der Waals surface area contributed by atoms with Gasteiger partial charge in [-0.3, -0.25) is 15.5 Å². The Balaban J connectivity index is 2.20. The van der Waals surface area contributed by atoms with Crippen LogP contribution in [0.2, 0.25) is 5.02 Å². The SMILES string of the molecule is Cc1c(Cl)cccc1NN=Cc1cc([N+](=O)[O-])ccc1O. The fourth-order valence-electron chi connectivity index (χ4n) is 1.66. The van der Waals surface area contributed by atoms with Crippen LogP contribution in [-0.4, -0.2) is 16.2 Å². The summed E-state index contributed by atoms with van der Waals surface area (Å²) in [5.74, 6) is -0.0889. The number of hydrogen-bond acceptors (Lipinski definition) is 5. The summed E-state index contributed by atoms with van der Waals surface area (Å²) in [6.07, 6.45) is 1.31. The van der Waals surface area contributed by atoms with Gasteiger partial charge < -0.3 is 5.11 Å². The Labute approximate surface area is 125 Å². The standard InChI is InChI=1S/C14H12ClN3O3/c1-9-12(15)3-2-4-13(9)17-16-8-10-7-11(18(20)21)5-6-14(10)19/h2-8,17,19H,1H3. The molecule has 0 radical (unpaired) electrons. The van der Waals surface area contributed by atoms with Crippen molar-refractivity contribution in [3.8, 4) is 5.75 Å². The molecule has 0 unspecified atom stereocenters. The third-order valence-corrected chi connectivity index (χ3v) is 3.29. The average Bonchev–Trinajstić information content (AvgIpc) is 2.45. The van der Waals surface area contributed by atoms with E-state index >= 15 is 0 Å². The van der Waals surface area contributed by atoms with E-state index in [-0.39, 0.29) is 17.0 Å². The van der Waals surface area contributed by atoms with Gasteiger partial charge in [0.2, 0.25) is 0 Å². The van der Waals surface area contributed by atoms with Crippen LogP contribution in [0.4, 0.5) is 11.4 Å². The molecule has 0 bridgehead atoms. The second-order valence-electron chi connectivity index (χ2n) is 4.28. The van der Waals surface area contributed by atoms with E-state index < -0.39 is 4.92 Å². The zero-order valence-corrected chi connectivity index (χ0v) is 11.8. The highest BCUT2D eigenvalue weighted by molar-refractivity contribution is 6.31. The number of benzene rings is 2. The van der Waals surface area contributed by atoms with Crippen molar-refractivity contribution < 1.29 is 10.0 Å². The Bertz CT molecular complexity index is 717. The second-order valence-corrected chi connectivity index (χ2v) is 4.69. The molecule has 0 saturated heterocycles. The molecular weight excluding hydrogens is 294 g/mol. The van der Waals surface area contributed by atoms with Gasteiger partial charge in [-0.1, -0.05) is 17.7 Å². The molecule has 0 saturated carbocycles. The van der Waals surface area contributed by atoms with Crippen LogP contribution in [0.5, 0.6) is 5.75 Å². The van der Waals surface area contributed by atoms with Crippen molar-refractivity contribution >= 4 is 29.2 Å². The van der Waals surface area contributed by atoms with Crippen LogP contribution in [0, 0.1) is 17.0 Å². The van der Waals surface area contributed by atoms with E-state index in [1.807, 2.05) is 6.92 Å². The minimum atomic E-state index is -0.536. The van der Waals surface area contributed by atoms with Gasteiger partial charge in [-0.25, -0.2) is 0 Å². The summed E-state index contributed by atoms with van der Waals surface area (Å²) in [7, 11) is 0. The quantitative estimate of drug-likeness (QED) is 0.512. The number of nitrogens with one attached hydrogen (secondary N) is 1. The molecule has 0 fully saturated rings. The molecule has 108 valence electrons. The van der Waals surface area contributed by atoms with Crippen LogP contribution in [0.15, 0.2) is 41.5 Å². The molecule has 2 rings (SSSR count). The number of aromatic hydroxyl groups is 1. The maximum atomic E-state index is 10.7. The first-order chi connectivity index (χ1) is 9.99. The Morgan fingerprint density at radius 3 is 2.86 bits per heavy atom. The highest BCUT2D eigenvalue weighted by Crippen LogP contribution is 2.24. The monoisotopic (exact) mass is 305 g/mol. The maximum Gasteiger partial charge on any atom is 0.270 e. The number of phenolic OH excluding ortho intramolecular Hbond substituents is 1. The Hall–Kier alpha value is -2.60. The summed E-state index contributed by atoms with van der Waals surface area (Å²) in [6.45, 7) is 1.84. The first-order valence-corrected chi connectivity index (χ1v) is 6.38. The molecule has 7 heteroatoms. The number of nitrogens with zero attached hydrogens (tertiary/aromatic N) is 2. The lowest BCUT2D eigenvalue weighted by Gasteiger charge is -2.06. The molecule has 0 aliphatic heterocycles. The molecule has 0 amide bonds. The van der Waals surface area contributed by atoms with Gasteiger partial charge in [0, 0.05) is 22.7 Å². The van der Waals surface area contributed by atoms with Crippen molar-refractivity contribution in [2.45, 2.75) is 6.92 Å². The van der Waals surface area contributed by atoms with Gasteiger partial charge >= 0.3 is 0 Å². The largest absolute Gasteiger partial charge is 0.507 e. The highest BCUT2D eigenvalue weighted by Gasteiger charge is 2.08. The summed E-state index contributed by atoms with van der Waals surface area (Å²) in [5, 5.41) is 24.9. The normalized spacial score (nSPS) is 10.8. The van der Waals surface area contributed by atoms with Crippen molar-refractivity contribution in [3.05, 3.63) is 62.7 Å². The Morgan fingerprint density at radius 1 is 1.38 bits per heavy atom. The molecule has 2 aromatic rings. The molecule has 0 spiro atoms. The van der Waals surface area contributed by atoms with Crippen LogP contribution in [0.3, 0.4) is 0 Å². The summed E-state index contributed by atoms with van der Waals surface area (Å²) in [4.78, 5) is 10.2. The lowest BCUT2D eigenvalue weighted by atomic mass is 10.2. The first kappa shape index (κ1) is 14.8. The first-order valence-electron chi connectivity index (χ1n) is 6.00. The molecule has 2 aromatic carbocycles. The zero-order valence-electron chi connectivity index (χ0n) is 11.1. The van der Waals surface area contributed by atoms with Crippen molar-refractivity contribution in [3.63, 3.8) is 0 Å². The molecule has 0 heterocycles. The van der Waals surface area contributed by atoms with Crippen LogP contribution in [-0.2, 0) is 0 Å². The van der Waals surface area contributed by atoms with Gasteiger partial charge in [0.05, 0.1) is 16.8 Å². The highest BCUT2D eigenvalue weighted by atomic mass is 35.5. The van der Waals surface area contributed by atoms with Crippen LogP contribution >= 0.6 is 11.6 Å². The van der Waals surface area contributed by atoms with E-state index in [4.69, 9.17) is 11.6 Å². The summed E-state index contributed by atoms with van der Waals surface area (Å²) in [6, 6.07) is 9.05. The lowest BCUT2D eigenvalue weighted by Crippen LogP contribution is -1.95. The van der Waals surface area contributed by atoms with E-state index in [1.165, 1.54) is 24.4 Å². The molecule has 6 nitrogen and oxygen atoms in total. The zero-order chi connectivity index (χ0) is 15.4. The summed E-state index contributed by atoms with van der Waals surface area (Å²) < 4.78 is 0. The number of hydrazone groups is 1. The predicted molar refractivity (Wildman–Crippen MR) is 82.2 cm³/mol. The van der Waals surface area contributed by atoms with E-state index in [9.17, 15) is 15.2 Å². The van der Waals surface area contributed by atoms with Crippen molar-refractivity contribution in [1.29, 1.82) is 0 Å². The smallest absolute Gasteiger partial charge is 0.270 e. The lowest BCUT2D eigenvalue weighted by molar-refractivity contribution is -0.384. The molecular formula is C14H12ClN3O3. The third-order valence-electron chi connectivity index (χ3n) is 2.88. The molecule has 0 aliphatic rings. The number of nitro benzene ring substituents is 1. The summed E-state index contributed by atoms with van der Waals surface area (Å²) >= 11 is 5.98. The Kier molecular flexibility index (Phi) is 4.39. The van der Waals surface area contributed by atoms with Crippen LogP contribution < -0.4 is 5.43 Å². The second kappa shape index (κ2) is 6.23. The van der Waals surface area contributed by atoms with Gasteiger partial charge in [0.1, 0.15) is 5.75 Å². The number of nitro groups is 1. The fraction of sp³-hybridized carbons (Fsp3) is 0.0714. The predicted octanol–water partition coefficient (Wildman–Crippen LogP) is 3.71. The minimum Gasteiger partial charge on any atom is -0.507 e. The van der Waals surface area contributed by atoms with Gasteiger partial charge in [-0.15, -0.1) is 0 Å². The van der Waals surface area contributed by atoms with E-state index in [0.29, 0.717) is 10.7 Å². The van der Waals surface area contributed by atoms with E-state index in [1.54, 1.807) is 18.2 Å². The molecule has 21 heavy (non-hydrogen) atoms. The van der Waals surface area contributed by atoms with Gasteiger partial charge in [-0.05, 0) is 30.7 Å². The Morgan fingerprint density at radius 2 is 2.14 bits per heavy atom.